The smallest absolute Gasteiger partial charge is 0.272 e. The SMILES string of the molecule is [2H]C(C)(O)Cc1ccccc1-c1ccc2c(c1)C(O)CC21CCN(C(=O)c2ccc(F)cn2)C1. The van der Waals surface area contributed by atoms with Gasteiger partial charge in [-0.1, -0.05) is 36.4 Å². The van der Waals surface area contributed by atoms with Gasteiger partial charge in [0.2, 0.25) is 0 Å². The van der Waals surface area contributed by atoms with Crippen LogP contribution < -0.4 is 0 Å². The van der Waals surface area contributed by atoms with E-state index in [1.807, 2.05) is 42.5 Å². The predicted molar refractivity (Wildman–Crippen MR) is 123 cm³/mol. The van der Waals surface area contributed by atoms with E-state index in [2.05, 4.69) is 4.98 Å². The number of aromatic nitrogens is 1. The minimum Gasteiger partial charge on any atom is -0.393 e. The molecule has 1 aliphatic carbocycles. The van der Waals surface area contributed by atoms with Crippen LogP contribution in [-0.4, -0.2) is 45.2 Å². The molecule has 0 saturated carbocycles. The summed E-state index contributed by atoms with van der Waals surface area (Å²) < 4.78 is 21.1. The molecule has 6 heteroatoms. The highest BCUT2D eigenvalue weighted by Gasteiger charge is 2.48. The van der Waals surface area contributed by atoms with Crippen molar-refractivity contribution in [3.05, 3.63) is 89.0 Å². The fraction of sp³-hybridized carbons (Fsp3) is 0.333. The Bertz CT molecular complexity index is 1240. The van der Waals surface area contributed by atoms with Crippen molar-refractivity contribution in [3.8, 4) is 11.1 Å². The first kappa shape index (κ1) is 20.5. The van der Waals surface area contributed by atoms with Crippen molar-refractivity contribution in [1.29, 1.82) is 0 Å². The number of likely N-dealkylation sites (tertiary alicyclic amines) is 1. The summed E-state index contributed by atoms with van der Waals surface area (Å²) in [6.07, 6.45) is 0.307. The Morgan fingerprint density at radius 1 is 1.30 bits per heavy atom. The Hall–Kier alpha value is -3.09. The molecule has 170 valence electrons. The molecular weight excluding hydrogens is 419 g/mol. The minimum absolute atomic E-state index is 0.196. The number of halogens is 1. The van der Waals surface area contributed by atoms with Crippen LogP contribution >= 0.6 is 0 Å². The lowest BCUT2D eigenvalue weighted by atomic mass is 9.80. The van der Waals surface area contributed by atoms with Crippen LogP contribution in [0.15, 0.2) is 60.8 Å². The Kier molecular flexibility index (Phi) is 5.19. The van der Waals surface area contributed by atoms with Gasteiger partial charge in [0.15, 0.2) is 0 Å². The molecule has 0 radical (unpaired) electrons. The number of nitrogens with zero attached hydrogens (tertiary/aromatic N) is 2. The molecule has 2 heterocycles. The van der Waals surface area contributed by atoms with Crippen LogP contribution in [0.2, 0.25) is 0 Å². The van der Waals surface area contributed by atoms with E-state index in [1.165, 1.54) is 19.1 Å². The molecule has 5 rings (SSSR count). The van der Waals surface area contributed by atoms with Gasteiger partial charge >= 0.3 is 0 Å². The second kappa shape index (κ2) is 8.36. The third-order valence-corrected chi connectivity index (χ3v) is 6.93. The van der Waals surface area contributed by atoms with Gasteiger partial charge in [0.05, 0.1) is 19.8 Å². The number of carbonyl (C=O) groups is 1. The van der Waals surface area contributed by atoms with Gasteiger partial charge in [-0.25, -0.2) is 9.37 Å². The number of amides is 1. The van der Waals surface area contributed by atoms with Gasteiger partial charge in [0.25, 0.3) is 5.91 Å². The van der Waals surface area contributed by atoms with Crippen LogP contribution in [0.4, 0.5) is 4.39 Å². The van der Waals surface area contributed by atoms with Crippen LogP contribution in [0.3, 0.4) is 0 Å². The zero-order valence-corrected chi connectivity index (χ0v) is 18.5. The molecule has 1 aliphatic heterocycles. The average molecular weight is 448 g/mol. The Morgan fingerprint density at radius 3 is 2.88 bits per heavy atom. The lowest BCUT2D eigenvalue weighted by Gasteiger charge is -2.25. The quantitative estimate of drug-likeness (QED) is 0.633. The molecule has 3 atom stereocenters. The summed E-state index contributed by atoms with van der Waals surface area (Å²) in [6.45, 7) is 2.49. The number of pyridine rings is 1. The van der Waals surface area contributed by atoms with E-state index in [1.54, 1.807) is 4.90 Å². The van der Waals surface area contributed by atoms with Crippen LogP contribution in [0.25, 0.3) is 11.1 Å². The molecule has 1 saturated heterocycles. The minimum atomic E-state index is -1.57. The standard InChI is InChI=1S/C27H27FN2O3/c1-17(31)12-18-4-2-3-5-21(18)19-6-8-23-22(13-19)25(32)14-27(23)10-11-30(16-27)26(33)24-9-7-20(28)15-29-24/h2-9,13,15,17,25,31-32H,10-12,14,16H2,1H3/i17D. The van der Waals surface area contributed by atoms with Crippen molar-refractivity contribution in [1.82, 2.24) is 9.88 Å². The molecular formula is C27H27FN2O3. The molecule has 2 aromatic carbocycles. The molecule has 1 amide bonds. The van der Waals surface area contributed by atoms with E-state index >= 15 is 0 Å². The van der Waals surface area contributed by atoms with E-state index in [0.29, 0.717) is 19.5 Å². The van der Waals surface area contributed by atoms with Crippen molar-refractivity contribution in [2.45, 2.75) is 43.8 Å². The molecule has 1 aromatic heterocycles. The summed E-state index contributed by atoms with van der Waals surface area (Å²) >= 11 is 0. The Labute approximate surface area is 193 Å². The number of rotatable bonds is 4. The van der Waals surface area contributed by atoms with Gasteiger partial charge in [-0.05, 0) is 72.2 Å². The van der Waals surface area contributed by atoms with Gasteiger partial charge in [0.1, 0.15) is 11.5 Å². The third kappa shape index (κ3) is 3.94. The lowest BCUT2D eigenvalue weighted by Crippen LogP contribution is -2.33. The van der Waals surface area contributed by atoms with Gasteiger partial charge in [-0.3, -0.25) is 4.79 Å². The monoisotopic (exact) mass is 447 g/mol. The van der Waals surface area contributed by atoms with Gasteiger partial charge in [-0.15, -0.1) is 0 Å². The normalized spacial score (nSPS) is 23.9. The predicted octanol–water partition coefficient (Wildman–Crippen LogP) is 4.03. The second-order valence-electron chi connectivity index (χ2n) is 9.21. The van der Waals surface area contributed by atoms with Crippen molar-refractivity contribution in [2.24, 2.45) is 0 Å². The van der Waals surface area contributed by atoms with Crippen molar-refractivity contribution in [3.63, 3.8) is 0 Å². The van der Waals surface area contributed by atoms with Gasteiger partial charge < -0.3 is 15.1 Å². The number of aliphatic hydroxyl groups excluding tert-OH is 1. The second-order valence-corrected chi connectivity index (χ2v) is 9.21. The maximum absolute atomic E-state index is 13.2. The van der Waals surface area contributed by atoms with Crippen molar-refractivity contribution in [2.75, 3.05) is 13.1 Å². The number of aliphatic hydroxyl groups is 2. The lowest BCUT2D eigenvalue weighted by molar-refractivity contribution is 0.0770. The van der Waals surface area contributed by atoms with Crippen molar-refractivity contribution < 1.29 is 20.8 Å². The molecule has 0 bridgehead atoms. The van der Waals surface area contributed by atoms with Crippen LogP contribution in [0.5, 0.6) is 0 Å². The van der Waals surface area contributed by atoms with Crippen LogP contribution in [0.1, 0.15) is 54.4 Å². The van der Waals surface area contributed by atoms with Crippen molar-refractivity contribution >= 4 is 5.91 Å². The highest BCUT2D eigenvalue weighted by Crippen LogP contribution is 2.51. The molecule has 33 heavy (non-hydrogen) atoms. The first-order valence-corrected chi connectivity index (χ1v) is 11.2. The summed E-state index contributed by atoms with van der Waals surface area (Å²) in [5.41, 5.74) is 4.53. The van der Waals surface area contributed by atoms with Gasteiger partial charge in [-0.2, -0.15) is 0 Å². The third-order valence-electron chi connectivity index (χ3n) is 6.93. The van der Waals surface area contributed by atoms with Crippen LogP contribution in [-0.2, 0) is 11.8 Å². The highest BCUT2D eigenvalue weighted by atomic mass is 19.1. The molecule has 1 fully saturated rings. The number of hydrogen-bond donors (Lipinski definition) is 2. The zero-order chi connectivity index (χ0) is 24.1. The number of carbonyl (C=O) groups excluding carboxylic acids is 1. The summed E-state index contributed by atoms with van der Waals surface area (Å²) in [4.78, 5) is 18.6. The summed E-state index contributed by atoms with van der Waals surface area (Å²) in [5.74, 6) is -0.709. The molecule has 5 nitrogen and oxygen atoms in total. The Balaban J connectivity index is 1.44. The fourth-order valence-electron chi connectivity index (χ4n) is 5.41. The first-order chi connectivity index (χ1) is 16.2. The maximum Gasteiger partial charge on any atom is 0.272 e. The molecule has 2 N–H and O–H groups in total. The number of hydrogen-bond acceptors (Lipinski definition) is 4. The maximum atomic E-state index is 13.2. The summed E-state index contributed by atoms with van der Waals surface area (Å²) in [5, 5.41) is 21.0. The average Bonchev–Trinajstić information content (AvgIpc) is 3.34. The van der Waals surface area contributed by atoms with E-state index in [0.717, 1.165) is 40.4 Å². The zero-order valence-electron chi connectivity index (χ0n) is 19.5. The van der Waals surface area contributed by atoms with Gasteiger partial charge in [0, 0.05) is 18.5 Å². The molecule has 3 aromatic rings. The largest absolute Gasteiger partial charge is 0.393 e. The first-order valence-electron chi connectivity index (χ1n) is 11.7. The molecule has 3 unspecified atom stereocenters. The van der Waals surface area contributed by atoms with E-state index in [-0.39, 0.29) is 23.4 Å². The highest BCUT2D eigenvalue weighted by molar-refractivity contribution is 5.92. The Morgan fingerprint density at radius 2 is 2.12 bits per heavy atom. The number of benzene rings is 2. The van der Waals surface area contributed by atoms with E-state index < -0.39 is 18.0 Å². The van der Waals surface area contributed by atoms with E-state index in [9.17, 15) is 19.4 Å². The molecule has 1 spiro atoms. The number of fused-ring (bicyclic) bond motifs is 2. The van der Waals surface area contributed by atoms with E-state index in [4.69, 9.17) is 1.37 Å². The van der Waals surface area contributed by atoms with Crippen LogP contribution in [0, 0.1) is 5.82 Å². The molecule has 2 aliphatic rings. The summed E-state index contributed by atoms with van der Waals surface area (Å²) in [7, 11) is 0. The fourth-order valence-corrected chi connectivity index (χ4v) is 5.41. The topological polar surface area (TPSA) is 73.7 Å². The summed E-state index contributed by atoms with van der Waals surface area (Å²) in [6, 6.07) is 16.4.